The van der Waals surface area contributed by atoms with Crippen molar-refractivity contribution in [3.05, 3.63) is 18.2 Å². The standard InChI is InChI=1S/C11H18N4O/c1-15-8-13-6-9(15)10(16)14-7-11(2-3-11)4-5-12/h6,8H,2-5,7,12H2,1H3,(H,14,16). The highest BCUT2D eigenvalue weighted by atomic mass is 16.1. The maximum atomic E-state index is 11.8. The Morgan fingerprint density at radius 2 is 2.44 bits per heavy atom. The Labute approximate surface area is 95.0 Å². The molecule has 0 unspecified atom stereocenters. The van der Waals surface area contributed by atoms with E-state index in [1.807, 2.05) is 7.05 Å². The lowest BCUT2D eigenvalue weighted by atomic mass is 10.0. The molecule has 5 nitrogen and oxygen atoms in total. The molecule has 1 aliphatic rings. The quantitative estimate of drug-likeness (QED) is 0.751. The third-order valence-electron chi connectivity index (χ3n) is 3.31. The van der Waals surface area contributed by atoms with E-state index in [2.05, 4.69) is 10.3 Å². The highest BCUT2D eigenvalue weighted by Gasteiger charge is 2.41. The molecule has 0 aliphatic heterocycles. The van der Waals surface area contributed by atoms with Gasteiger partial charge in [-0.25, -0.2) is 4.98 Å². The van der Waals surface area contributed by atoms with Crippen molar-refractivity contribution in [1.29, 1.82) is 0 Å². The predicted molar refractivity (Wildman–Crippen MR) is 60.9 cm³/mol. The number of carbonyl (C=O) groups is 1. The molecule has 1 aliphatic carbocycles. The average molecular weight is 222 g/mol. The fraction of sp³-hybridized carbons (Fsp3) is 0.636. The lowest BCUT2D eigenvalue weighted by Crippen LogP contribution is -2.32. The molecule has 16 heavy (non-hydrogen) atoms. The summed E-state index contributed by atoms with van der Waals surface area (Å²) in [6.45, 7) is 1.43. The minimum absolute atomic E-state index is 0.0525. The maximum absolute atomic E-state index is 11.8. The largest absolute Gasteiger partial charge is 0.350 e. The lowest BCUT2D eigenvalue weighted by molar-refractivity contribution is 0.0936. The van der Waals surface area contributed by atoms with Crippen LogP contribution in [0.2, 0.25) is 0 Å². The summed E-state index contributed by atoms with van der Waals surface area (Å²) in [5, 5.41) is 2.96. The number of nitrogens with two attached hydrogens (primary N) is 1. The summed E-state index contributed by atoms with van der Waals surface area (Å²) in [6, 6.07) is 0. The van der Waals surface area contributed by atoms with Crippen LogP contribution in [0.4, 0.5) is 0 Å². The van der Waals surface area contributed by atoms with Crippen LogP contribution in [0.3, 0.4) is 0 Å². The number of carbonyl (C=O) groups excluding carboxylic acids is 1. The number of imidazole rings is 1. The zero-order chi connectivity index (χ0) is 11.6. The van der Waals surface area contributed by atoms with Crippen molar-refractivity contribution in [2.75, 3.05) is 13.1 Å². The van der Waals surface area contributed by atoms with Crippen LogP contribution < -0.4 is 11.1 Å². The van der Waals surface area contributed by atoms with E-state index in [1.165, 1.54) is 12.8 Å². The van der Waals surface area contributed by atoms with Gasteiger partial charge in [0.1, 0.15) is 5.69 Å². The van der Waals surface area contributed by atoms with E-state index < -0.39 is 0 Å². The molecule has 1 amide bonds. The van der Waals surface area contributed by atoms with Crippen LogP contribution in [0.25, 0.3) is 0 Å². The van der Waals surface area contributed by atoms with Gasteiger partial charge in [-0.2, -0.15) is 0 Å². The number of aromatic nitrogens is 2. The highest BCUT2D eigenvalue weighted by molar-refractivity contribution is 5.92. The number of amides is 1. The summed E-state index contributed by atoms with van der Waals surface area (Å²) in [5.41, 5.74) is 6.43. The third kappa shape index (κ3) is 2.24. The number of aryl methyl sites for hydroxylation is 1. The lowest BCUT2D eigenvalue weighted by Gasteiger charge is -2.14. The second-order valence-electron chi connectivity index (χ2n) is 4.61. The molecule has 0 spiro atoms. The van der Waals surface area contributed by atoms with Crippen molar-refractivity contribution >= 4 is 5.91 Å². The van der Waals surface area contributed by atoms with Crippen molar-refractivity contribution in [2.45, 2.75) is 19.3 Å². The first-order valence-corrected chi connectivity index (χ1v) is 5.61. The van der Waals surface area contributed by atoms with E-state index in [9.17, 15) is 4.79 Å². The molecule has 0 saturated heterocycles. The Balaban J connectivity index is 1.87. The van der Waals surface area contributed by atoms with E-state index in [0.29, 0.717) is 12.2 Å². The molecule has 0 bridgehead atoms. The number of hydrogen-bond donors (Lipinski definition) is 2. The molecule has 0 atom stereocenters. The van der Waals surface area contributed by atoms with Gasteiger partial charge < -0.3 is 15.6 Å². The first-order chi connectivity index (χ1) is 7.67. The SMILES string of the molecule is Cn1cncc1C(=O)NCC1(CCN)CC1. The van der Waals surface area contributed by atoms with Gasteiger partial charge in [0.2, 0.25) is 0 Å². The number of nitrogens with zero attached hydrogens (tertiary/aromatic N) is 2. The molecule has 1 saturated carbocycles. The molecular weight excluding hydrogens is 204 g/mol. The van der Waals surface area contributed by atoms with Crippen LogP contribution in [-0.2, 0) is 7.05 Å². The second-order valence-corrected chi connectivity index (χ2v) is 4.61. The first-order valence-electron chi connectivity index (χ1n) is 5.61. The fourth-order valence-electron chi connectivity index (χ4n) is 1.93. The van der Waals surface area contributed by atoms with Crippen molar-refractivity contribution in [3.8, 4) is 0 Å². The van der Waals surface area contributed by atoms with Gasteiger partial charge in [0.25, 0.3) is 5.91 Å². The van der Waals surface area contributed by atoms with Crippen LogP contribution in [0, 0.1) is 5.41 Å². The number of hydrogen-bond acceptors (Lipinski definition) is 3. The molecule has 3 N–H and O–H groups in total. The van der Waals surface area contributed by atoms with Gasteiger partial charge in [0.05, 0.1) is 12.5 Å². The van der Waals surface area contributed by atoms with E-state index >= 15 is 0 Å². The van der Waals surface area contributed by atoms with E-state index in [0.717, 1.165) is 13.0 Å². The topological polar surface area (TPSA) is 72.9 Å². The fourth-order valence-corrected chi connectivity index (χ4v) is 1.93. The Bertz CT molecular complexity index is 381. The Morgan fingerprint density at radius 3 is 2.94 bits per heavy atom. The number of rotatable bonds is 5. The average Bonchev–Trinajstić information content (AvgIpc) is 2.89. The minimum atomic E-state index is -0.0525. The molecular formula is C11H18N4O. The zero-order valence-corrected chi connectivity index (χ0v) is 9.57. The second kappa shape index (κ2) is 4.25. The van der Waals surface area contributed by atoms with Gasteiger partial charge in [-0.1, -0.05) is 0 Å². The van der Waals surface area contributed by atoms with Gasteiger partial charge >= 0.3 is 0 Å². The smallest absolute Gasteiger partial charge is 0.269 e. The Hall–Kier alpha value is -1.36. The van der Waals surface area contributed by atoms with Crippen LogP contribution in [0.15, 0.2) is 12.5 Å². The molecule has 0 aromatic carbocycles. The summed E-state index contributed by atoms with van der Waals surface area (Å²) in [4.78, 5) is 15.7. The van der Waals surface area contributed by atoms with Crippen LogP contribution >= 0.6 is 0 Å². The van der Waals surface area contributed by atoms with Crippen LogP contribution in [0.1, 0.15) is 29.8 Å². The molecule has 5 heteroatoms. The molecule has 1 aromatic rings. The van der Waals surface area contributed by atoms with Crippen LogP contribution in [0.5, 0.6) is 0 Å². The van der Waals surface area contributed by atoms with Gasteiger partial charge in [-0.3, -0.25) is 4.79 Å². The molecule has 1 fully saturated rings. The van der Waals surface area contributed by atoms with Crippen molar-refractivity contribution in [3.63, 3.8) is 0 Å². The normalized spacial score (nSPS) is 17.1. The van der Waals surface area contributed by atoms with Gasteiger partial charge in [0, 0.05) is 13.6 Å². The van der Waals surface area contributed by atoms with Gasteiger partial charge in [0.15, 0.2) is 0 Å². The number of nitrogens with one attached hydrogen (secondary N) is 1. The highest BCUT2D eigenvalue weighted by Crippen LogP contribution is 2.47. The van der Waals surface area contributed by atoms with E-state index in [4.69, 9.17) is 5.73 Å². The predicted octanol–water partition coefficient (Wildman–Crippen LogP) is 0.279. The van der Waals surface area contributed by atoms with Gasteiger partial charge in [-0.05, 0) is 31.2 Å². The molecule has 88 valence electrons. The van der Waals surface area contributed by atoms with E-state index in [-0.39, 0.29) is 11.3 Å². The summed E-state index contributed by atoms with van der Waals surface area (Å²) < 4.78 is 1.72. The first kappa shape index (κ1) is 11.1. The molecule has 1 heterocycles. The monoisotopic (exact) mass is 222 g/mol. The Kier molecular flexibility index (Phi) is 2.96. The summed E-state index contributed by atoms with van der Waals surface area (Å²) in [7, 11) is 1.81. The van der Waals surface area contributed by atoms with Gasteiger partial charge in [-0.15, -0.1) is 0 Å². The molecule has 2 rings (SSSR count). The third-order valence-corrected chi connectivity index (χ3v) is 3.31. The summed E-state index contributed by atoms with van der Waals surface area (Å²) in [6.07, 6.45) is 6.56. The maximum Gasteiger partial charge on any atom is 0.269 e. The molecule has 1 aromatic heterocycles. The minimum Gasteiger partial charge on any atom is -0.350 e. The van der Waals surface area contributed by atoms with Crippen molar-refractivity contribution < 1.29 is 4.79 Å². The van der Waals surface area contributed by atoms with Crippen molar-refractivity contribution in [1.82, 2.24) is 14.9 Å². The van der Waals surface area contributed by atoms with Crippen molar-refractivity contribution in [2.24, 2.45) is 18.2 Å². The Morgan fingerprint density at radius 1 is 1.69 bits per heavy atom. The summed E-state index contributed by atoms with van der Waals surface area (Å²) >= 11 is 0. The zero-order valence-electron chi connectivity index (χ0n) is 9.57. The molecule has 0 radical (unpaired) electrons. The van der Waals surface area contributed by atoms with E-state index in [1.54, 1.807) is 17.1 Å². The summed E-state index contributed by atoms with van der Waals surface area (Å²) in [5.74, 6) is -0.0525. The van der Waals surface area contributed by atoms with Crippen LogP contribution in [-0.4, -0.2) is 28.5 Å².